The topological polar surface area (TPSA) is 107 Å². The Morgan fingerprint density at radius 2 is 1.73 bits per heavy atom. The van der Waals surface area contributed by atoms with Gasteiger partial charge in [-0.2, -0.15) is 0 Å². The van der Waals surface area contributed by atoms with Crippen molar-refractivity contribution in [1.29, 1.82) is 0 Å². The van der Waals surface area contributed by atoms with Crippen molar-refractivity contribution in [2.45, 2.75) is 23.9 Å². The van der Waals surface area contributed by atoms with Crippen LogP contribution in [-0.4, -0.2) is 25.6 Å². The largest absolute Gasteiger partial charge is 0.351 e. The number of hydrogen-bond donors (Lipinski definition) is 1. The molecule has 0 saturated heterocycles. The number of amides is 1. The third kappa shape index (κ3) is 4.93. The quantitative estimate of drug-likeness (QED) is 0.193. The second kappa shape index (κ2) is 9.66. The number of aromatic nitrogens is 2. The summed E-state index contributed by atoms with van der Waals surface area (Å²) >= 11 is 1.15. The summed E-state index contributed by atoms with van der Waals surface area (Å²) in [5, 5.41) is 14.1. The number of carbonyl (C=O) groups is 1. The molecule has 0 aliphatic carbocycles. The highest BCUT2D eigenvalue weighted by Crippen LogP contribution is 2.26. The zero-order valence-corrected chi connectivity index (χ0v) is 18.5. The van der Waals surface area contributed by atoms with E-state index in [-0.39, 0.29) is 17.2 Å². The minimum absolute atomic E-state index is 0.0802. The Morgan fingerprint density at radius 1 is 1.06 bits per heavy atom. The second-order valence-electron chi connectivity index (χ2n) is 7.29. The van der Waals surface area contributed by atoms with Gasteiger partial charge in [0, 0.05) is 18.7 Å². The molecule has 1 N–H and O–H groups in total. The summed E-state index contributed by atoms with van der Waals surface area (Å²) < 4.78 is 1.39. The lowest BCUT2D eigenvalue weighted by molar-refractivity contribution is -0.384. The molecule has 0 fully saturated rings. The fraction of sp³-hybridized carbons (Fsp3) is 0.125. The van der Waals surface area contributed by atoms with Crippen molar-refractivity contribution in [3.05, 3.63) is 105 Å². The number of carbonyl (C=O) groups excluding carboxylic acids is 1. The van der Waals surface area contributed by atoms with E-state index in [1.54, 1.807) is 31.2 Å². The molecule has 166 valence electrons. The number of benzene rings is 3. The lowest BCUT2D eigenvalue weighted by Crippen LogP contribution is -2.31. The predicted octanol–water partition coefficient (Wildman–Crippen LogP) is 4.09. The molecule has 0 saturated carbocycles. The average molecular weight is 461 g/mol. The highest BCUT2D eigenvalue weighted by atomic mass is 32.2. The van der Waals surface area contributed by atoms with Gasteiger partial charge in [-0.05, 0) is 36.8 Å². The Bertz CT molecular complexity index is 1370. The first-order valence-electron chi connectivity index (χ1n) is 10.2. The average Bonchev–Trinajstić information content (AvgIpc) is 2.83. The molecule has 4 aromatic rings. The Balaban J connectivity index is 1.67. The van der Waals surface area contributed by atoms with Gasteiger partial charge in [0.25, 0.3) is 11.2 Å². The lowest BCUT2D eigenvalue weighted by atomic mass is 10.2. The number of rotatable bonds is 7. The fourth-order valence-corrected chi connectivity index (χ4v) is 4.23. The van der Waals surface area contributed by atoms with Crippen LogP contribution in [-0.2, 0) is 11.3 Å². The number of nitro groups is 1. The zero-order chi connectivity index (χ0) is 23.4. The van der Waals surface area contributed by atoms with Crippen molar-refractivity contribution in [3.63, 3.8) is 0 Å². The van der Waals surface area contributed by atoms with Crippen molar-refractivity contribution in [3.8, 4) is 5.69 Å². The van der Waals surface area contributed by atoms with Gasteiger partial charge in [-0.1, -0.05) is 54.2 Å². The number of nitrogens with zero attached hydrogens (tertiary/aromatic N) is 3. The van der Waals surface area contributed by atoms with Gasteiger partial charge in [-0.25, -0.2) is 4.98 Å². The van der Waals surface area contributed by atoms with Crippen LogP contribution >= 0.6 is 11.8 Å². The monoisotopic (exact) mass is 460 g/mol. The SMILES string of the molecule is CC(Sc1nc2ccccc2c(=O)n1-c1ccc([N+](=O)[O-])cc1)C(=O)NCc1ccccc1. The smallest absolute Gasteiger partial charge is 0.269 e. The number of nitrogens with one attached hydrogen (secondary N) is 1. The van der Waals surface area contributed by atoms with Crippen molar-refractivity contribution in [2.75, 3.05) is 0 Å². The summed E-state index contributed by atoms with van der Waals surface area (Å²) in [5.41, 5.74) is 1.54. The molecular weight excluding hydrogens is 440 g/mol. The first-order chi connectivity index (χ1) is 15.9. The van der Waals surface area contributed by atoms with E-state index in [4.69, 9.17) is 0 Å². The molecule has 3 aromatic carbocycles. The maximum Gasteiger partial charge on any atom is 0.269 e. The minimum atomic E-state index is -0.536. The summed E-state index contributed by atoms with van der Waals surface area (Å²) in [4.78, 5) is 41.2. The zero-order valence-electron chi connectivity index (χ0n) is 17.7. The molecule has 1 amide bonds. The maximum atomic E-state index is 13.3. The molecule has 0 aliphatic rings. The molecule has 4 rings (SSSR count). The molecule has 1 aromatic heterocycles. The van der Waals surface area contributed by atoms with Crippen LogP contribution < -0.4 is 10.9 Å². The number of nitro benzene ring substituents is 1. The summed E-state index contributed by atoms with van der Waals surface area (Å²) in [6.07, 6.45) is 0. The van der Waals surface area contributed by atoms with E-state index in [0.29, 0.717) is 28.3 Å². The molecule has 0 spiro atoms. The van der Waals surface area contributed by atoms with E-state index in [1.165, 1.54) is 28.8 Å². The van der Waals surface area contributed by atoms with E-state index in [2.05, 4.69) is 10.3 Å². The van der Waals surface area contributed by atoms with Crippen molar-refractivity contribution in [2.24, 2.45) is 0 Å². The molecule has 1 heterocycles. The van der Waals surface area contributed by atoms with Gasteiger partial charge in [0.05, 0.1) is 26.8 Å². The molecular formula is C24H20N4O4S. The molecule has 1 atom stereocenters. The standard InChI is InChI=1S/C24H20N4O4S/c1-16(22(29)25-15-17-7-3-2-4-8-17)33-24-26-21-10-6-5-9-20(21)23(30)27(24)18-11-13-19(14-12-18)28(31)32/h2-14,16H,15H2,1H3,(H,25,29). The van der Waals surface area contributed by atoms with Crippen LogP contribution in [0.1, 0.15) is 12.5 Å². The molecule has 0 radical (unpaired) electrons. The number of hydrogen-bond acceptors (Lipinski definition) is 6. The van der Waals surface area contributed by atoms with E-state index >= 15 is 0 Å². The third-order valence-electron chi connectivity index (χ3n) is 5.02. The molecule has 33 heavy (non-hydrogen) atoms. The number of non-ortho nitro benzene ring substituents is 1. The summed E-state index contributed by atoms with van der Waals surface area (Å²) in [7, 11) is 0. The van der Waals surface area contributed by atoms with Crippen LogP contribution in [0.3, 0.4) is 0 Å². The van der Waals surface area contributed by atoms with Crippen LogP contribution in [0.25, 0.3) is 16.6 Å². The molecule has 1 unspecified atom stereocenters. The highest BCUT2D eigenvalue weighted by Gasteiger charge is 2.20. The summed E-state index contributed by atoms with van der Waals surface area (Å²) in [6, 6.07) is 22.2. The first-order valence-corrected chi connectivity index (χ1v) is 11.1. The van der Waals surface area contributed by atoms with Crippen LogP contribution in [0.15, 0.2) is 88.8 Å². The normalized spacial score (nSPS) is 11.8. The van der Waals surface area contributed by atoms with Gasteiger partial charge in [-0.15, -0.1) is 0 Å². The van der Waals surface area contributed by atoms with Gasteiger partial charge < -0.3 is 5.32 Å². The van der Waals surface area contributed by atoms with Crippen molar-refractivity contribution < 1.29 is 9.72 Å². The van der Waals surface area contributed by atoms with Gasteiger partial charge in [0.1, 0.15) is 0 Å². The lowest BCUT2D eigenvalue weighted by Gasteiger charge is -2.16. The Labute approximate surface area is 193 Å². The van der Waals surface area contributed by atoms with Crippen LogP contribution in [0.4, 0.5) is 5.69 Å². The predicted molar refractivity (Wildman–Crippen MR) is 128 cm³/mol. The Morgan fingerprint density at radius 3 is 2.42 bits per heavy atom. The number of fused-ring (bicyclic) bond motifs is 1. The van der Waals surface area contributed by atoms with Gasteiger partial charge in [0.15, 0.2) is 5.16 Å². The van der Waals surface area contributed by atoms with Crippen LogP contribution in [0.5, 0.6) is 0 Å². The van der Waals surface area contributed by atoms with Gasteiger partial charge in [-0.3, -0.25) is 24.3 Å². The number of para-hydroxylation sites is 1. The van der Waals surface area contributed by atoms with Crippen LogP contribution in [0, 0.1) is 10.1 Å². The fourth-order valence-electron chi connectivity index (χ4n) is 3.28. The van der Waals surface area contributed by atoms with E-state index in [9.17, 15) is 19.7 Å². The summed E-state index contributed by atoms with van der Waals surface area (Å²) in [5.74, 6) is -0.193. The van der Waals surface area contributed by atoms with Crippen molar-refractivity contribution in [1.82, 2.24) is 14.9 Å². The third-order valence-corrected chi connectivity index (χ3v) is 6.08. The highest BCUT2D eigenvalue weighted by molar-refractivity contribution is 8.00. The van der Waals surface area contributed by atoms with E-state index in [1.807, 2.05) is 30.3 Å². The Hall–Kier alpha value is -3.98. The van der Waals surface area contributed by atoms with Gasteiger partial charge >= 0.3 is 0 Å². The maximum absolute atomic E-state index is 13.3. The van der Waals surface area contributed by atoms with Crippen LogP contribution in [0.2, 0.25) is 0 Å². The molecule has 8 nitrogen and oxygen atoms in total. The molecule has 0 bridgehead atoms. The second-order valence-corrected chi connectivity index (χ2v) is 8.60. The Kier molecular flexibility index (Phi) is 6.50. The van der Waals surface area contributed by atoms with E-state index in [0.717, 1.165) is 17.3 Å². The van der Waals surface area contributed by atoms with E-state index < -0.39 is 10.2 Å². The first kappa shape index (κ1) is 22.2. The molecule has 9 heteroatoms. The van der Waals surface area contributed by atoms with Gasteiger partial charge in [0.2, 0.25) is 5.91 Å². The minimum Gasteiger partial charge on any atom is -0.351 e. The molecule has 0 aliphatic heterocycles. The number of thioether (sulfide) groups is 1. The summed E-state index contributed by atoms with van der Waals surface area (Å²) in [6.45, 7) is 2.14. The van der Waals surface area contributed by atoms with Crippen molar-refractivity contribution >= 4 is 34.3 Å².